The average Bonchev–Trinajstić information content (AvgIpc) is 2.63. The molecule has 0 aliphatic carbocycles. The molecule has 26 heavy (non-hydrogen) atoms. The minimum Gasteiger partial charge on any atom is -0.457 e. The standard InChI is InChI=1S/C23H25NO2/c1-23(2,3)16-17-7-11-19(12-8-17)26-20-13-9-18(10-14-20)22(25)21-6-4-5-15-24-21/h4-15,22,25H,16H2,1-3H3. The molecule has 0 bridgehead atoms. The van der Waals surface area contributed by atoms with Crippen LogP contribution >= 0.6 is 0 Å². The van der Waals surface area contributed by atoms with Crippen LogP contribution in [0.3, 0.4) is 0 Å². The first kappa shape index (κ1) is 18.2. The van der Waals surface area contributed by atoms with Crippen LogP contribution in [0.15, 0.2) is 72.9 Å². The quantitative estimate of drug-likeness (QED) is 0.658. The van der Waals surface area contributed by atoms with E-state index in [0.29, 0.717) is 5.69 Å². The van der Waals surface area contributed by atoms with Crippen molar-refractivity contribution in [2.75, 3.05) is 0 Å². The molecule has 1 aromatic heterocycles. The van der Waals surface area contributed by atoms with E-state index in [1.807, 2.05) is 54.6 Å². The van der Waals surface area contributed by atoms with Crippen molar-refractivity contribution >= 4 is 0 Å². The van der Waals surface area contributed by atoms with Gasteiger partial charge in [-0.1, -0.05) is 51.1 Å². The molecule has 0 spiro atoms. The van der Waals surface area contributed by atoms with Gasteiger partial charge in [-0.2, -0.15) is 0 Å². The third kappa shape index (κ3) is 4.93. The van der Waals surface area contributed by atoms with Crippen molar-refractivity contribution in [3.8, 4) is 11.5 Å². The molecule has 1 unspecified atom stereocenters. The molecule has 1 atom stereocenters. The summed E-state index contributed by atoms with van der Waals surface area (Å²) >= 11 is 0. The van der Waals surface area contributed by atoms with E-state index in [-0.39, 0.29) is 5.41 Å². The zero-order chi connectivity index (χ0) is 18.6. The maximum atomic E-state index is 10.4. The van der Waals surface area contributed by atoms with E-state index in [9.17, 15) is 5.11 Å². The second-order valence-corrected chi connectivity index (χ2v) is 7.71. The van der Waals surface area contributed by atoms with Crippen LogP contribution < -0.4 is 4.74 Å². The van der Waals surface area contributed by atoms with Crippen molar-refractivity contribution < 1.29 is 9.84 Å². The summed E-state index contributed by atoms with van der Waals surface area (Å²) in [5.41, 5.74) is 3.00. The third-order valence-electron chi connectivity index (χ3n) is 4.06. The predicted molar refractivity (Wildman–Crippen MR) is 104 cm³/mol. The highest BCUT2D eigenvalue weighted by Crippen LogP contribution is 2.27. The molecule has 3 rings (SSSR count). The van der Waals surface area contributed by atoms with Gasteiger partial charge in [-0.25, -0.2) is 0 Å². The zero-order valence-corrected chi connectivity index (χ0v) is 15.5. The van der Waals surface area contributed by atoms with Gasteiger partial charge in [-0.15, -0.1) is 0 Å². The lowest BCUT2D eigenvalue weighted by molar-refractivity contribution is 0.215. The lowest BCUT2D eigenvalue weighted by Gasteiger charge is -2.18. The van der Waals surface area contributed by atoms with Gasteiger partial charge in [0.25, 0.3) is 0 Å². The van der Waals surface area contributed by atoms with Gasteiger partial charge in [-0.3, -0.25) is 4.98 Å². The number of hydrogen-bond acceptors (Lipinski definition) is 3. The summed E-state index contributed by atoms with van der Waals surface area (Å²) in [5, 5.41) is 10.4. The summed E-state index contributed by atoms with van der Waals surface area (Å²) in [4.78, 5) is 4.20. The van der Waals surface area contributed by atoms with Gasteiger partial charge in [0.05, 0.1) is 5.69 Å². The summed E-state index contributed by atoms with van der Waals surface area (Å²) in [6.07, 6.45) is 1.98. The number of ether oxygens (including phenoxy) is 1. The van der Waals surface area contributed by atoms with Crippen LogP contribution in [0.4, 0.5) is 0 Å². The van der Waals surface area contributed by atoms with Crippen LogP contribution in [-0.2, 0) is 6.42 Å². The highest BCUT2D eigenvalue weighted by atomic mass is 16.5. The molecular weight excluding hydrogens is 322 g/mol. The van der Waals surface area contributed by atoms with Crippen molar-refractivity contribution in [2.45, 2.75) is 33.3 Å². The minimum absolute atomic E-state index is 0.270. The normalized spacial score (nSPS) is 12.6. The van der Waals surface area contributed by atoms with E-state index in [0.717, 1.165) is 23.5 Å². The molecule has 0 aliphatic heterocycles. The van der Waals surface area contributed by atoms with Gasteiger partial charge >= 0.3 is 0 Å². The number of rotatable bonds is 5. The molecule has 0 aliphatic rings. The lowest BCUT2D eigenvalue weighted by Crippen LogP contribution is -2.08. The first-order valence-electron chi connectivity index (χ1n) is 8.86. The van der Waals surface area contributed by atoms with E-state index < -0.39 is 6.10 Å². The monoisotopic (exact) mass is 347 g/mol. The second-order valence-electron chi connectivity index (χ2n) is 7.71. The Bertz CT molecular complexity index is 819. The predicted octanol–water partition coefficient (Wildman–Crippen LogP) is 5.54. The summed E-state index contributed by atoms with van der Waals surface area (Å²) in [5.74, 6) is 1.55. The first-order valence-corrected chi connectivity index (χ1v) is 8.86. The minimum atomic E-state index is -0.734. The van der Waals surface area contributed by atoms with E-state index in [1.165, 1.54) is 5.56 Å². The number of benzene rings is 2. The second kappa shape index (κ2) is 7.71. The van der Waals surface area contributed by atoms with Gasteiger partial charge in [0.15, 0.2) is 0 Å². The number of aliphatic hydroxyl groups excluding tert-OH is 1. The summed E-state index contributed by atoms with van der Waals surface area (Å²) in [6.45, 7) is 6.70. The van der Waals surface area contributed by atoms with E-state index in [1.54, 1.807) is 6.20 Å². The van der Waals surface area contributed by atoms with Crippen LogP contribution in [0.1, 0.15) is 43.7 Å². The molecule has 3 nitrogen and oxygen atoms in total. The number of nitrogens with zero attached hydrogens (tertiary/aromatic N) is 1. The number of pyridine rings is 1. The Balaban J connectivity index is 1.66. The fourth-order valence-corrected chi connectivity index (χ4v) is 2.85. The van der Waals surface area contributed by atoms with Gasteiger partial charge in [-0.05, 0) is 59.4 Å². The van der Waals surface area contributed by atoms with Crippen molar-refractivity contribution in [1.29, 1.82) is 0 Å². The largest absolute Gasteiger partial charge is 0.457 e. The molecule has 1 N–H and O–H groups in total. The molecule has 0 fully saturated rings. The van der Waals surface area contributed by atoms with Gasteiger partial charge in [0.1, 0.15) is 17.6 Å². The molecule has 0 amide bonds. The Hall–Kier alpha value is -2.65. The Kier molecular flexibility index (Phi) is 5.38. The van der Waals surface area contributed by atoms with Crippen LogP contribution in [-0.4, -0.2) is 10.1 Å². The fraction of sp³-hybridized carbons (Fsp3) is 0.261. The van der Waals surface area contributed by atoms with Crippen molar-refractivity contribution in [2.24, 2.45) is 5.41 Å². The van der Waals surface area contributed by atoms with E-state index >= 15 is 0 Å². The van der Waals surface area contributed by atoms with Crippen LogP contribution in [0.25, 0.3) is 0 Å². The Morgan fingerprint density at radius 3 is 2.04 bits per heavy atom. The maximum Gasteiger partial charge on any atom is 0.127 e. The number of aliphatic hydroxyl groups is 1. The van der Waals surface area contributed by atoms with Gasteiger partial charge in [0.2, 0.25) is 0 Å². The lowest BCUT2D eigenvalue weighted by atomic mass is 9.88. The molecule has 0 saturated heterocycles. The first-order chi connectivity index (χ1) is 12.4. The summed E-state index contributed by atoms with van der Waals surface area (Å²) in [6, 6.07) is 21.2. The molecule has 0 saturated carbocycles. The number of hydrogen-bond donors (Lipinski definition) is 1. The SMILES string of the molecule is CC(C)(C)Cc1ccc(Oc2ccc(C(O)c3ccccn3)cc2)cc1. The van der Waals surface area contributed by atoms with Crippen LogP contribution in [0.5, 0.6) is 11.5 Å². The van der Waals surface area contributed by atoms with Crippen molar-refractivity contribution in [3.05, 3.63) is 89.7 Å². The molecule has 3 heteroatoms. The highest BCUT2D eigenvalue weighted by molar-refractivity contribution is 5.36. The van der Waals surface area contributed by atoms with E-state index in [4.69, 9.17) is 4.74 Å². The molecule has 1 heterocycles. The van der Waals surface area contributed by atoms with E-state index in [2.05, 4.69) is 37.9 Å². The molecule has 0 radical (unpaired) electrons. The Labute approximate surface area is 155 Å². The van der Waals surface area contributed by atoms with Crippen molar-refractivity contribution in [1.82, 2.24) is 4.98 Å². The van der Waals surface area contributed by atoms with Crippen molar-refractivity contribution in [3.63, 3.8) is 0 Å². The van der Waals surface area contributed by atoms with Gasteiger partial charge < -0.3 is 9.84 Å². The Morgan fingerprint density at radius 2 is 1.50 bits per heavy atom. The zero-order valence-electron chi connectivity index (χ0n) is 15.5. The Morgan fingerprint density at radius 1 is 0.885 bits per heavy atom. The van der Waals surface area contributed by atoms with Crippen LogP contribution in [0.2, 0.25) is 0 Å². The molecule has 134 valence electrons. The summed E-state index contributed by atoms with van der Waals surface area (Å²) in [7, 11) is 0. The van der Waals surface area contributed by atoms with Gasteiger partial charge in [0, 0.05) is 6.20 Å². The highest BCUT2D eigenvalue weighted by Gasteiger charge is 2.12. The smallest absolute Gasteiger partial charge is 0.127 e. The molecule has 2 aromatic carbocycles. The van der Waals surface area contributed by atoms with Crippen LogP contribution in [0, 0.1) is 5.41 Å². The summed E-state index contributed by atoms with van der Waals surface area (Å²) < 4.78 is 5.91. The molecule has 3 aromatic rings. The molecular formula is C23H25NO2. The average molecular weight is 347 g/mol. The number of aromatic nitrogens is 1. The topological polar surface area (TPSA) is 42.4 Å². The maximum absolute atomic E-state index is 10.4. The fourth-order valence-electron chi connectivity index (χ4n) is 2.85. The third-order valence-corrected chi connectivity index (χ3v) is 4.06.